The van der Waals surface area contributed by atoms with Gasteiger partial charge in [0.15, 0.2) is 0 Å². The van der Waals surface area contributed by atoms with Crippen molar-refractivity contribution in [2.24, 2.45) is 5.73 Å². The Morgan fingerprint density at radius 3 is 2.70 bits per heavy atom. The van der Waals surface area contributed by atoms with E-state index in [1.54, 1.807) is 11.9 Å². The van der Waals surface area contributed by atoms with E-state index < -0.39 is 0 Å². The van der Waals surface area contributed by atoms with Gasteiger partial charge < -0.3 is 15.1 Å². The van der Waals surface area contributed by atoms with Gasteiger partial charge in [0.2, 0.25) is 5.91 Å². The van der Waals surface area contributed by atoms with Crippen molar-refractivity contribution >= 4 is 16.9 Å². The fourth-order valence-corrected chi connectivity index (χ4v) is 2.32. The van der Waals surface area contributed by atoms with E-state index in [0.29, 0.717) is 13.0 Å². The number of rotatable bonds is 4. The molecule has 0 spiro atoms. The smallest absolute Gasteiger partial charge is 0.224 e. The van der Waals surface area contributed by atoms with Crippen molar-refractivity contribution in [3.8, 4) is 0 Å². The number of aryl methyl sites for hydroxylation is 2. The highest BCUT2D eigenvalue weighted by Crippen LogP contribution is 2.28. The third kappa shape index (κ3) is 2.85. The molecule has 4 heteroatoms. The summed E-state index contributed by atoms with van der Waals surface area (Å²) in [6, 6.07) is 5.98. The Kier molecular flexibility index (Phi) is 4.14. The van der Waals surface area contributed by atoms with Crippen molar-refractivity contribution in [1.29, 1.82) is 0 Å². The predicted octanol–water partition coefficient (Wildman–Crippen LogP) is 2.75. The topological polar surface area (TPSA) is 59.5 Å². The van der Waals surface area contributed by atoms with E-state index in [4.69, 9.17) is 10.2 Å². The van der Waals surface area contributed by atoms with Gasteiger partial charge in [-0.2, -0.15) is 0 Å². The largest absolute Gasteiger partial charge is 0.459 e. The molecule has 0 fully saturated rings. The molecule has 20 heavy (non-hydrogen) atoms. The number of para-hydroxylation sites is 1. The second kappa shape index (κ2) is 5.67. The van der Waals surface area contributed by atoms with Crippen molar-refractivity contribution in [3.63, 3.8) is 0 Å². The van der Waals surface area contributed by atoms with Crippen LogP contribution < -0.4 is 5.73 Å². The van der Waals surface area contributed by atoms with Crippen molar-refractivity contribution in [2.75, 3.05) is 7.05 Å². The Labute approximate surface area is 119 Å². The van der Waals surface area contributed by atoms with Crippen LogP contribution in [0.15, 0.2) is 22.6 Å². The van der Waals surface area contributed by atoms with Gasteiger partial charge in [-0.05, 0) is 26.3 Å². The van der Waals surface area contributed by atoms with Gasteiger partial charge in [-0.15, -0.1) is 0 Å². The van der Waals surface area contributed by atoms with Crippen molar-refractivity contribution in [2.45, 2.75) is 39.8 Å². The molecule has 2 N–H and O–H groups in total. The molecule has 0 aliphatic heterocycles. The van der Waals surface area contributed by atoms with Crippen LogP contribution in [0.25, 0.3) is 11.0 Å². The molecule has 0 aliphatic carbocycles. The number of benzene rings is 1. The summed E-state index contributed by atoms with van der Waals surface area (Å²) in [6.45, 7) is 6.37. The summed E-state index contributed by atoms with van der Waals surface area (Å²) in [7, 11) is 1.78. The van der Waals surface area contributed by atoms with E-state index in [-0.39, 0.29) is 11.9 Å². The molecule has 1 aromatic heterocycles. The molecule has 0 unspecified atom stereocenters. The third-order valence-electron chi connectivity index (χ3n) is 3.56. The summed E-state index contributed by atoms with van der Waals surface area (Å²) < 4.78 is 5.93. The van der Waals surface area contributed by atoms with E-state index in [0.717, 1.165) is 27.9 Å². The van der Waals surface area contributed by atoms with Gasteiger partial charge in [0, 0.05) is 30.5 Å². The van der Waals surface area contributed by atoms with E-state index in [2.05, 4.69) is 6.07 Å². The lowest BCUT2D eigenvalue weighted by molar-refractivity contribution is -0.130. The Morgan fingerprint density at radius 1 is 1.40 bits per heavy atom. The minimum absolute atomic E-state index is 0.0385. The van der Waals surface area contributed by atoms with Crippen LogP contribution in [0.4, 0.5) is 0 Å². The number of carbonyl (C=O) groups is 1. The maximum absolute atomic E-state index is 12.0. The van der Waals surface area contributed by atoms with Crippen LogP contribution in [0, 0.1) is 13.8 Å². The molecule has 1 atom stereocenters. The Hall–Kier alpha value is -1.81. The van der Waals surface area contributed by atoms with Crippen LogP contribution in [0.3, 0.4) is 0 Å². The number of furan rings is 1. The molecular formula is C16H22N2O2. The SMILES string of the molecule is Cc1c(CN(C)C(=O)C[C@H](C)N)oc2c(C)cccc12. The van der Waals surface area contributed by atoms with E-state index in [1.165, 1.54) is 0 Å². The molecule has 108 valence electrons. The summed E-state index contributed by atoms with van der Waals surface area (Å²) in [4.78, 5) is 13.6. The Morgan fingerprint density at radius 2 is 2.10 bits per heavy atom. The summed E-state index contributed by atoms with van der Waals surface area (Å²) in [5.41, 5.74) is 8.79. The molecule has 0 saturated carbocycles. The van der Waals surface area contributed by atoms with Crippen LogP contribution in [0.1, 0.15) is 30.2 Å². The highest BCUT2D eigenvalue weighted by molar-refractivity contribution is 5.84. The number of carbonyl (C=O) groups excluding carboxylic acids is 1. The molecule has 1 heterocycles. The van der Waals surface area contributed by atoms with Crippen molar-refractivity contribution in [3.05, 3.63) is 35.1 Å². The zero-order valence-electron chi connectivity index (χ0n) is 12.6. The molecule has 2 aromatic rings. The second-order valence-electron chi connectivity index (χ2n) is 5.53. The van der Waals surface area contributed by atoms with Crippen LogP contribution >= 0.6 is 0 Å². The zero-order chi connectivity index (χ0) is 14.9. The van der Waals surface area contributed by atoms with Crippen LogP contribution in [-0.4, -0.2) is 23.9 Å². The number of fused-ring (bicyclic) bond motifs is 1. The van der Waals surface area contributed by atoms with E-state index in [9.17, 15) is 4.79 Å². The molecule has 1 amide bonds. The highest BCUT2D eigenvalue weighted by atomic mass is 16.3. The Bertz CT molecular complexity index is 629. The average molecular weight is 274 g/mol. The normalized spacial score (nSPS) is 12.7. The molecule has 0 saturated heterocycles. The Balaban J connectivity index is 2.24. The van der Waals surface area contributed by atoms with Gasteiger partial charge in [-0.25, -0.2) is 0 Å². The molecule has 4 nitrogen and oxygen atoms in total. The number of nitrogens with two attached hydrogens (primary N) is 1. The quantitative estimate of drug-likeness (QED) is 0.932. The van der Waals surface area contributed by atoms with Crippen LogP contribution in [0.5, 0.6) is 0 Å². The number of nitrogens with zero attached hydrogens (tertiary/aromatic N) is 1. The van der Waals surface area contributed by atoms with E-state index >= 15 is 0 Å². The fourth-order valence-electron chi connectivity index (χ4n) is 2.32. The number of hydrogen-bond donors (Lipinski definition) is 1. The molecule has 0 aliphatic rings. The third-order valence-corrected chi connectivity index (χ3v) is 3.56. The molecule has 0 radical (unpaired) electrons. The minimum atomic E-state index is -0.121. The lowest BCUT2D eigenvalue weighted by Gasteiger charge is -2.17. The van der Waals surface area contributed by atoms with Gasteiger partial charge in [0.1, 0.15) is 11.3 Å². The standard InChI is InChI=1S/C16H22N2O2/c1-10-6-5-7-13-12(3)14(20-16(10)13)9-18(4)15(19)8-11(2)17/h5-7,11H,8-9,17H2,1-4H3/t11-/m0/s1. The molecule has 2 rings (SSSR count). The number of amides is 1. The van der Waals surface area contributed by atoms with Crippen molar-refractivity contribution in [1.82, 2.24) is 4.90 Å². The zero-order valence-corrected chi connectivity index (χ0v) is 12.6. The lowest BCUT2D eigenvalue weighted by Crippen LogP contribution is -2.31. The van der Waals surface area contributed by atoms with Gasteiger partial charge >= 0.3 is 0 Å². The maximum atomic E-state index is 12.0. The van der Waals surface area contributed by atoms with Gasteiger partial charge in [-0.1, -0.05) is 18.2 Å². The molecule has 1 aromatic carbocycles. The average Bonchev–Trinajstić information content (AvgIpc) is 2.68. The van der Waals surface area contributed by atoms with Crippen LogP contribution in [0.2, 0.25) is 0 Å². The van der Waals surface area contributed by atoms with Gasteiger partial charge in [-0.3, -0.25) is 4.79 Å². The monoisotopic (exact) mass is 274 g/mol. The van der Waals surface area contributed by atoms with Crippen LogP contribution in [-0.2, 0) is 11.3 Å². The number of hydrogen-bond acceptors (Lipinski definition) is 3. The lowest BCUT2D eigenvalue weighted by atomic mass is 10.1. The highest BCUT2D eigenvalue weighted by Gasteiger charge is 2.17. The predicted molar refractivity (Wildman–Crippen MR) is 80.4 cm³/mol. The van der Waals surface area contributed by atoms with Gasteiger partial charge in [0.05, 0.1) is 6.54 Å². The van der Waals surface area contributed by atoms with Gasteiger partial charge in [0.25, 0.3) is 0 Å². The maximum Gasteiger partial charge on any atom is 0.224 e. The summed E-state index contributed by atoms with van der Waals surface area (Å²) in [5, 5.41) is 1.12. The van der Waals surface area contributed by atoms with Crippen molar-refractivity contribution < 1.29 is 9.21 Å². The first kappa shape index (κ1) is 14.6. The molecular weight excluding hydrogens is 252 g/mol. The summed E-state index contributed by atoms with van der Waals surface area (Å²) >= 11 is 0. The molecule has 0 bridgehead atoms. The second-order valence-corrected chi connectivity index (χ2v) is 5.53. The fraction of sp³-hybridized carbons (Fsp3) is 0.438. The summed E-state index contributed by atoms with van der Waals surface area (Å²) in [6.07, 6.45) is 0.356. The summed E-state index contributed by atoms with van der Waals surface area (Å²) in [5.74, 6) is 0.881. The first-order valence-corrected chi connectivity index (χ1v) is 6.87. The minimum Gasteiger partial charge on any atom is -0.459 e. The first-order valence-electron chi connectivity index (χ1n) is 6.87. The first-order chi connectivity index (χ1) is 9.40. The van der Waals surface area contributed by atoms with E-state index in [1.807, 2.05) is 32.9 Å².